The SMILES string of the molecule is OC(COc1ccc2c(OCC3CO3)cccc2c1)COc1cccc2cc(OCC3CO3)ccc12. The minimum atomic E-state index is -0.787. The Hall–Kier alpha value is -3.52. The molecule has 2 saturated heterocycles. The number of rotatable bonds is 12. The molecule has 0 amide bonds. The molecule has 6 rings (SSSR count). The summed E-state index contributed by atoms with van der Waals surface area (Å²) in [5, 5.41) is 14.5. The van der Waals surface area contributed by atoms with E-state index < -0.39 is 6.10 Å². The van der Waals surface area contributed by atoms with Crippen LogP contribution in [0.4, 0.5) is 0 Å². The Labute approximate surface area is 209 Å². The van der Waals surface area contributed by atoms with Gasteiger partial charge in [0.25, 0.3) is 0 Å². The van der Waals surface area contributed by atoms with Gasteiger partial charge in [-0.15, -0.1) is 0 Å². The van der Waals surface area contributed by atoms with E-state index in [0.29, 0.717) is 24.7 Å². The van der Waals surface area contributed by atoms with Crippen LogP contribution < -0.4 is 18.9 Å². The predicted octanol–water partition coefficient (Wildman–Crippen LogP) is 4.37. The monoisotopic (exact) mass is 488 g/mol. The number of fused-ring (bicyclic) bond motifs is 2. The van der Waals surface area contributed by atoms with Gasteiger partial charge in [-0.2, -0.15) is 0 Å². The van der Waals surface area contributed by atoms with Gasteiger partial charge in [-0.3, -0.25) is 0 Å². The molecule has 0 radical (unpaired) electrons. The van der Waals surface area contributed by atoms with E-state index in [-0.39, 0.29) is 25.4 Å². The average molecular weight is 489 g/mol. The summed E-state index contributed by atoms with van der Waals surface area (Å²) < 4.78 is 33.9. The molecule has 0 spiro atoms. The molecule has 2 heterocycles. The first-order chi connectivity index (χ1) is 17.7. The van der Waals surface area contributed by atoms with E-state index in [4.69, 9.17) is 28.4 Å². The molecule has 2 aliphatic rings. The van der Waals surface area contributed by atoms with Crippen LogP contribution in [0.3, 0.4) is 0 Å². The lowest BCUT2D eigenvalue weighted by molar-refractivity contribution is 0.0632. The van der Waals surface area contributed by atoms with Gasteiger partial charge in [0.2, 0.25) is 0 Å². The standard InChI is InChI=1S/C29H28O7/c30-21(13-31-22-7-9-27-19(11-22)4-2-6-29(27)36-18-25-17-34-25)14-35-28-5-1-3-20-12-23(8-10-26(20)28)32-15-24-16-33-24/h1-12,21,24-25,30H,13-18H2. The lowest BCUT2D eigenvalue weighted by Crippen LogP contribution is -2.25. The molecule has 7 nitrogen and oxygen atoms in total. The van der Waals surface area contributed by atoms with Crippen molar-refractivity contribution >= 4 is 21.5 Å². The number of benzene rings is 4. The number of aliphatic hydroxyl groups is 1. The number of aliphatic hydroxyl groups excluding tert-OH is 1. The third-order valence-corrected chi connectivity index (χ3v) is 6.16. The molecular formula is C29H28O7. The van der Waals surface area contributed by atoms with Crippen molar-refractivity contribution in [2.75, 3.05) is 39.6 Å². The van der Waals surface area contributed by atoms with Gasteiger partial charge in [-0.05, 0) is 59.3 Å². The number of hydrogen-bond acceptors (Lipinski definition) is 7. The second-order valence-corrected chi connectivity index (χ2v) is 9.09. The molecule has 7 heteroatoms. The highest BCUT2D eigenvalue weighted by Crippen LogP contribution is 2.31. The highest BCUT2D eigenvalue weighted by atomic mass is 16.6. The fraction of sp³-hybridized carbons (Fsp3) is 0.310. The summed E-state index contributed by atoms with van der Waals surface area (Å²) in [6.07, 6.45) is -0.364. The van der Waals surface area contributed by atoms with Crippen LogP contribution in [0.5, 0.6) is 23.0 Å². The van der Waals surface area contributed by atoms with Crippen molar-refractivity contribution in [3.63, 3.8) is 0 Å². The van der Waals surface area contributed by atoms with Gasteiger partial charge in [0.15, 0.2) is 0 Å². The van der Waals surface area contributed by atoms with Crippen molar-refractivity contribution in [3.8, 4) is 23.0 Å². The van der Waals surface area contributed by atoms with E-state index >= 15 is 0 Å². The van der Waals surface area contributed by atoms with E-state index in [1.807, 2.05) is 72.8 Å². The van der Waals surface area contributed by atoms with Crippen molar-refractivity contribution in [3.05, 3.63) is 72.8 Å². The van der Waals surface area contributed by atoms with Crippen molar-refractivity contribution in [1.29, 1.82) is 0 Å². The van der Waals surface area contributed by atoms with Crippen LogP contribution in [0.25, 0.3) is 21.5 Å². The average Bonchev–Trinajstić information content (AvgIpc) is 3.83. The van der Waals surface area contributed by atoms with Gasteiger partial charge in [0.1, 0.15) is 67.7 Å². The zero-order valence-corrected chi connectivity index (χ0v) is 19.8. The molecule has 2 aliphatic heterocycles. The molecular weight excluding hydrogens is 460 g/mol. The minimum absolute atomic E-state index is 0.116. The zero-order chi connectivity index (χ0) is 24.3. The summed E-state index contributed by atoms with van der Waals surface area (Å²) >= 11 is 0. The van der Waals surface area contributed by atoms with Crippen LogP contribution in [-0.2, 0) is 9.47 Å². The molecule has 0 aromatic heterocycles. The van der Waals surface area contributed by atoms with Crippen molar-refractivity contribution in [1.82, 2.24) is 0 Å². The van der Waals surface area contributed by atoms with E-state index in [2.05, 4.69) is 0 Å². The summed E-state index contributed by atoms with van der Waals surface area (Å²) in [7, 11) is 0. The quantitative estimate of drug-likeness (QED) is 0.297. The molecule has 2 fully saturated rings. The summed E-state index contributed by atoms with van der Waals surface area (Å²) in [6, 6.07) is 23.5. The molecule has 0 saturated carbocycles. The molecule has 3 unspecified atom stereocenters. The maximum atomic E-state index is 10.5. The van der Waals surface area contributed by atoms with Gasteiger partial charge < -0.3 is 33.5 Å². The smallest absolute Gasteiger partial charge is 0.127 e. The highest BCUT2D eigenvalue weighted by Gasteiger charge is 2.24. The van der Waals surface area contributed by atoms with Gasteiger partial charge in [-0.1, -0.05) is 24.3 Å². The second-order valence-electron chi connectivity index (χ2n) is 9.09. The van der Waals surface area contributed by atoms with E-state index in [9.17, 15) is 5.11 Å². The molecule has 4 aromatic carbocycles. The van der Waals surface area contributed by atoms with E-state index in [1.165, 1.54) is 0 Å². The maximum absolute atomic E-state index is 10.5. The topological polar surface area (TPSA) is 82.2 Å². The Morgan fingerprint density at radius 1 is 0.667 bits per heavy atom. The third-order valence-electron chi connectivity index (χ3n) is 6.16. The molecule has 1 N–H and O–H groups in total. The first-order valence-electron chi connectivity index (χ1n) is 12.2. The number of ether oxygens (including phenoxy) is 6. The van der Waals surface area contributed by atoms with Gasteiger partial charge in [-0.25, -0.2) is 0 Å². The van der Waals surface area contributed by atoms with Crippen LogP contribution in [0.2, 0.25) is 0 Å². The molecule has 186 valence electrons. The summed E-state index contributed by atoms with van der Waals surface area (Å²) in [6.45, 7) is 2.89. The van der Waals surface area contributed by atoms with Gasteiger partial charge >= 0.3 is 0 Å². The van der Waals surface area contributed by atoms with Crippen molar-refractivity contribution < 1.29 is 33.5 Å². The Morgan fingerprint density at radius 3 is 1.81 bits per heavy atom. The lowest BCUT2D eigenvalue weighted by Gasteiger charge is -2.16. The predicted molar refractivity (Wildman–Crippen MR) is 135 cm³/mol. The molecule has 3 atom stereocenters. The van der Waals surface area contributed by atoms with E-state index in [1.54, 1.807) is 0 Å². The zero-order valence-electron chi connectivity index (χ0n) is 19.8. The highest BCUT2D eigenvalue weighted by molar-refractivity contribution is 5.90. The second kappa shape index (κ2) is 10.2. The van der Waals surface area contributed by atoms with Gasteiger partial charge in [0.05, 0.1) is 13.2 Å². The van der Waals surface area contributed by atoms with Crippen LogP contribution in [-0.4, -0.2) is 63.1 Å². The first kappa shape index (κ1) is 22.9. The minimum Gasteiger partial charge on any atom is -0.491 e. The largest absolute Gasteiger partial charge is 0.491 e. The first-order valence-corrected chi connectivity index (χ1v) is 12.2. The van der Waals surface area contributed by atoms with Crippen LogP contribution in [0.1, 0.15) is 0 Å². The summed E-state index contributed by atoms with van der Waals surface area (Å²) in [5.74, 6) is 3.01. The Kier molecular flexibility index (Phi) is 6.51. The normalized spacial score (nSPS) is 19.1. The van der Waals surface area contributed by atoms with Crippen molar-refractivity contribution in [2.24, 2.45) is 0 Å². The van der Waals surface area contributed by atoms with Crippen LogP contribution >= 0.6 is 0 Å². The summed E-state index contributed by atoms with van der Waals surface area (Å²) in [5.41, 5.74) is 0. The number of epoxide rings is 2. The Bertz CT molecular complexity index is 1350. The Morgan fingerprint density at radius 2 is 1.19 bits per heavy atom. The fourth-order valence-electron chi connectivity index (χ4n) is 4.02. The third kappa shape index (κ3) is 5.65. The maximum Gasteiger partial charge on any atom is 0.127 e. The molecule has 4 aromatic rings. The molecule has 0 bridgehead atoms. The van der Waals surface area contributed by atoms with Crippen LogP contribution in [0, 0.1) is 0 Å². The molecule has 36 heavy (non-hydrogen) atoms. The van der Waals surface area contributed by atoms with Crippen LogP contribution in [0.15, 0.2) is 72.8 Å². The number of hydrogen-bond donors (Lipinski definition) is 1. The fourth-order valence-corrected chi connectivity index (χ4v) is 4.02. The van der Waals surface area contributed by atoms with E-state index in [0.717, 1.165) is 46.3 Å². The molecule has 0 aliphatic carbocycles. The van der Waals surface area contributed by atoms with Gasteiger partial charge in [0, 0.05) is 10.8 Å². The Balaban J connectivity index is 1.04. The van der Waals surface area contributed by atoms with Crippen molar-refractivity contribution in [2.45, 2.75) is 18.3 Å². The summed E-state index contributed by atoms with van der Waals surface area (Å²) in [4.78, 5) is 0. The lowest BCUT2D eigenvalue weighted by atomic mass is 10.1.